The smallest absolute Gasteiger partial charge is 0.269 e. The molecular formula is C23H27NO3. The first-order chi connectivity index (χ1) is 13.1. The van der Waals surface area contributed by atoms with Crippen LogP contribution in [0.4, 0.5) is 5.69 Å². The molecule has 1 aliphatic carbocycles. The predicted molar refractivity (Wildman–Crippen MR) is 108 cm³/mol. The Kier molecular flexibility index (Phi) is 5.73. The van der Waals surface area contributed by atoms with E-state index in [1.165, 1.54) is 11.1 Å². The molecule has 0 N–H and O–H groups in total. The summed E-state index contributed by atoms with van der Waals surface area (Å²) in [7, 11) is 0. The monoisotopic (exact) mass is 365 g/mol. The lowest BCUT2D eigenvalue weighted by Gasteiger charge is -2.32. The van der Waals surface area contributed by atoms with Crippen LogP contribution < -0.4 is 0 Å². The maximum Gasteiger partial charge on any atom is 0.269 e. The highest BCUT2D eigenvalue weighted by atomic mass is 16.6. The Morgan fingerprint density at radius 2 is 1.56 bits per heavy atom. The average Bonchev–Trinajstić information content (AvgIpc) is 2.94. The topological polar surface area (TPSA) is 60.2 Å². The molecule has 0 bridgehead atoms. The summed E-state index contributed by atoms with van der Waals surface area (Å²) in [6.07, 6.45) is 7.62. The molecular weight excluding hydrogens is 338 g/mol. The Morgan fingerprint density at radius 1 is 0.963 bits per heavy atom. The van der Waals surface area contributed by atoms with Crippen LogP contribution in [0.2, 0.25) is 0 Å². The van der Waals surface area contributed by atoms with Gasteiger partial charge in [-0.3, -0.25) is 10.1 Å². The largest absolute Gasteiger partial charge is 0.303 e. The zero-order chi connectivity index (χ0) is 19.4. The molecule has 0 fully saturated rings. The molecule has 142 valence electrons. The molecule has 0 atom stereocenters. The summed E-state index contributed by atoms with van der Waals surface area (Å²) in [5.74, 6) is 0. The standard InChI is InChI=1S/C23H27NO3/c1-3-5-12-23(13-6-4-2)21-15-17(11-14-25)7-9-19(21)20-10-8-18(24(26)27)16-22(20)23/h7-10,14-16H,3-6,11-13H2,1-2H3. The van der Waals surface area contributed by atoms with Gasteiger partial charge in [0.1, 0.15) is 6.29 Å². The Balaban J connectivity index is 2.24. The van der Waals surface area contributed by atoms with Crippen LogP contribution in [0.25, 0.3) is 11.1 Å². The van der Waals surface area contributed by atoms with Crippen molar-refractivity contribution < 1.29 is 9.72 Å². The number of non-ortho nitro benzene ring substituents is 1. The fourth-order valence-corrected chi connectivity index (χ4v) is 4.49. The predicted octanol–water partition coefficient (Wildman–Crippen LogP) is 5.98. The number of aldehydes is 1. The van der Waals surface area contributed by atoms with Crippen molar-refractivity contribution in [2.24, 2.45) is 0 Å². The van der Waals surface area contributed by atoms with Crippen molar-refractivity contribution in [1.29, 1.82) is 0 Å². The molecule has 4 nitrogen and oxygen atoms in total. The molecule has 0 amide bonds. The summed E-state index contributed by atoms with van der Waals surface area (Å²) >= 11 is 0. The number of nitro groups is 1. The van der Waals surface area contributed by atoms with Gasteiger partial charge in [0, 0.05) is 24.0 Å². The van der Waals surface area contributed by atoms with Crippen LogP contribution in [0.3, 0.4) is 0 Å². The van der Waals surface area contributed by atoms with Crippen molar-refractivity contribution in [2.75, 3.05) is 0 Å². The van der Waals surface area contributed by atoms with Gasteiger partial charge in [0.25, 0.3) is 5.69 Å². The third-order valence-corrected chi connectivity index (χ3v) is 5.85. The SMILES string of the molecule is CCCCC1(CCCC)c2cc(CC=O)ccc2-c2ccc([N+](=O)[O-])cc21. The second-order valence-electron chi connectivity index (χ2n) is 7.53. The highest BCUT2D eigenvalue weighted by Gasteiger charge is 2.43. The molecule has 2 aromatic rings. The molecule has 0 aliphatic heterocycles. The number of carbonyl (C=O) groups excluding carboxylic acids is 1. The Bertz CT molecular complexity index is 849. The van der Waals surface area contributed by atoms with Crippen molar-refractivity contribution in [3.8, 4) is 11.1 Å². The summed E-state index contributed by atoms with van der Waals surface area (Å²) in [6.45, 7) is 4.36. The van der Waals surface area contributed by atoms with Gasteiger partial charge in [0.2, 0.25) is 0 Å². The molecule has 2 aromatic carbocycles. The van der Waals surface area contributed by atoms with Crippen LogP contribution in [0, 0.1) is 10.1 Å². The molecule has 0 saturated heterocycles. The van der Waals surface area contributed by atoms with E-state index in [1.807, 2.05) is 12.1 Å². The first-order valence-electron chi connectivity index (χ1n) is 9.93. The van der Waals surface area contributed by atoms with E-state index in [4.69, 9.17) is 0 Å². The first-order valence-corrected chi connectivity index (χ1v) is 9.93. The van der Waals surface area contributed by atoms with Crippen molar-refractivity contribution >= 4 is 12.0 Å². The molecule has 0 unspecified atom stereocenters. The van der Waals surface area contributed by atoms with Crippen LogP contribution in [-0.2, 0) is 16.6 Å². The fraction of sp³-hybridized carbons (Fsp3) is 0.435. The van der Waals surface area contributed by atoms with Crippen molar-refractivity contribution in [1.82, 2.24) is 0 Å². The van der Waals surface area contributed by atoms with Crippen LogP contribution in [0.15, 0.2) is 36.4 Å². The van der Waals surface area contributed by atoms with E-state index in [0.29, 0.717) is 6.42 Å². The lowest BCUT2D eigenvalue weighted by Crippen LogP contribution is -2.25. The van der Waals surface area contributed by atoms with Gasteiger partial charge in [0.05, 0.1) is 4.92 Å². The lowest BCUT2D eigenvalue weighted by atomic mass is 9.70. The molecule has 0 aromatic heterocycles. The van der Waals surface area contributed by atoms with Crippen LogP contribution in [-0.4, -0.2) is 11.2 Å². The van der Waals surface area contributed by atoms with Gasteiger partial charge in [-0.25, -0.2) is 0 Å². The summed E-state index contributed by atoms with van der Waals surface area (Å²) in [4.78, 5) is 22.2. The molecule has 0 heterocycles. The minimum atomic E-state index is -0.300. The second-order valence-corrected chi connectivity index (χ2v) is 7.53. The second kappa shape index (κ2) is 8.03. The Morgan fingerprint density at radius 3 is 2.11 bits per heavy atom. The van der Waals surface area contributed by atoms with E-state index >= 15 is 0 Å². The minimum absolute atomic E-state index is 0.159. The minimum Gasteiger partial charge on any atom is -0.303 e. The quantitative estimate of drug-likeness (QED) is 0.312. The van der Waals surface area contributed by atoms with E-state index in [0.717, 1.165) is 61.5 Å². The summed E-state index contributed by atoms with van der Waals surface area (Å²) in [5, 5.41) is 11.4. The summed E-state index contributed by atoms with van der Waals surface area (Å²) < 4.78 is 0. The maximum absolute atomic E-state index is 11.4. The maximum atomic E-state index is 11.4. The number of hydrogen-bond acceptors (Lipinski definition) is 3. The van der Waals surface area contributed by atoms with Gasteiger partial charge in [-0.2, -0.15) is 0 Å². The number of unbranched alkanes of at least 4 members (excludes halogenated alkanes) is 2. The number of benzene rings is 2. The zero-order valence-corrected chi connectivity index (χ0v) is 16.2. The van der Waals surface area contributed by atoms with Crippen LogP contribution in [0.1, 0.15) is 69.1 Å². The van der Waals surface area contributed by atoms with Crippen LogP contribution >= 0.6 is 0 Å². The van der Waals surface area contributed by atoms with Gasteiger partial charge in [-0.1, -0.05) is 57.7 Å². The van der Waals surface area contributed by atoms with Crippen molar-refractivity contribution in [2.45, 2.75) is 64.2 Å². The normalized spacial score (nSPS) is 13.9. The number of nitrogens with zero attached hydrogens (tertiary/aromatic N) is 1. The Hall–Kier alpha value is -2.49. The molecule has 4 heteroatoms. The number of fused-ring (bicyclic) bond motifs is 3. The van der Waals surface area contributed by atoms with E-state index in [2.05, 4.69) is 26.0 Å². The summed E-state index contributed by atoms with van der Waals surface area (Å²) in [6, 6.07) is 11.6. The van der Waals surface area contributed by atoms with Crippen molar-refractivity contribution in [3.63, 3.8) is 0 Å². The highest BCUT2D eigenvalue weighted by Crippen LogP contribution is 2.55. The number of nitro benzene ring substituents is 1. The van der Waals surface area contributed by atoms with E-state index < -0.39 is 0 Å². The molecule has 0 saturated carbocycles. The van der Waals surface area contributed by atoms with E-state index in [-0.39, 0.29) is 16.0 Å². The Labute approximate surface area is 160 Å². The van der Waals surface area contributed by atoms with Gasteiger partial charge >= 0.3 is 0 Å². The zero-order valence-electron chi connectivity index (χ0n) is 16.2. The lowest BCUT2D eigenvalue weighted by molar-refractivity contribution is -0.384. The van der Waals surface area contributed by atoms with Gasteiger partial charge in [0.15, 0.2) is 0 Å². The van der Waals surface area contributed by atoms with Gasteiger partial charge in [-0.05, 0) is 46.7 Å². The average molecular weight is 365 g/mol. The van der Waals surface area contributed by atoms with Crippen LogP contribution in [0.5, 0.6) is 0 Å². The molecule has 0 spiro atoms. The summed E-state index contributed by atoms with van der Waals surface area (Å²) in [5.41, 5.74) is 5.61. The van der Waals surface area contributed by atoms with Crippen molar-refractivity contribution in [3.05, 3.63) is 63.2 Å². The van der Waals surface area contributed by atoms with E-state index in [9.17, 15) is 14.9 Å². The van der Waals surface area contributed by atoms with E-state index in [1.54, 1.807) is 12.1 Å². The third-order valence-electron chi connectivity index (χ3n) is 5.85. The van der Waals surface area contributed by atoms with Gasteiger partial charge in [-0.15, -0.1) is 0 Å². The number of carbonyl (C=O) groups is 1. The fourth-order valence-electron chi connectivity index (χ4n) is 4.49. The molecule has 1 aliphatic rings. The number of rotatable bonds is 9. The molecule has 27 heavy (non-hydrogen) atoms. The number of hydrogen-bond donors (Lipinski definition) is 0. The third kappa shape index (κ3) is 3.41. The molecule has 3 rings (SSSR count). The molecule has 0 radical (unpaired) electrons. The highest BCUT2D eigenvalue weighted by molar-refractivity contribution is 5.82. The first kappa shape index (κ1) is 19.3. The van der Waals surface area contributed by atoms with Gasteiger partial charge < -0.3 is 4.79 Å².